The lowest BCUT2D eigenvalue weighted by Crippen LogP contribution is -2.47. The van der Waals surface area contributed by atoms with Crippen LogP contribution in [0, 0.1) is 23.0 Å². The molecular weight excluding hydrogens is 356 g/mol. The van der Waals surface area contributed by atoms with Gasteiger partial charge in [0, 0.05) is 22.9 Å². The molecule has 8 heteroatoms. The monoisotopic (exact) mass is 380 g/mol. The van der Waals surface area contributed by atoms with Crippen LogP contribution in [-0.4, -0.2) is 45.5 Å². The predicted molar refractivity (Wildman–Crippen MR) is 100 cm³/mol. The molecule has 0 N–H and O–H groups in total. The smallest absolute Gasteiger partial charge is 0.329 e. The molecule has 1 amide bonds. The summed E-state index contributed by atoms with van der Waals surface area (Å²) in [6, 6.07) is 3.74. The van der Waals surface area contributed by atoms with Gasteiger partial charge in [0.2, 0.25) is 0 Å². The second-order valence-corrected chi connectivity index (χ2v) is 7.77. The van der Waals surface area contributed by atoms with Gasteiger partial charge in [0.15, 0.2) is 0 Å². The van der Waals surface area contributed by atoms with Crippen molar-refractivity contribution < 1.29 is 19.2 Å². The number of nitrogens with zero attached hydrogens (tertiary/aromatic N) is 2. The molecule has 1 aromatic carbocycles. The molecule has 0 unspecified atom stereocenters. The number of hydrogen-bond acceptors (Lipinski definition) is 6. The number of esters is 1. The Labute approximate surface area is 157 Å². The third-order valence-electron chi connectivity index (χ3n) is 4.21. The average Bonchev–Trinajstić information content (AvgIpc) is 3.04. The number of benzene rings is 1. The highest BCUT2D eigenvalue weighted by atomic mass is 32.2. The fraction of sp³-hybridized carbons (Fsp3) is 0.556. The first-order valence-electron chi connectivity index (χ1n) is 8.63. The van der Waals surface area contributed by atoms with Crippen LogP contribution in [0.3, 0.4) is 0 Å². The molecule has 142 valence electrons. The van der Waals surface area contributed by atoms with Crippen LogP contribution in [0.15, 0.2) is 18.2 Å². The summed E-state index contributed by atoms with van der Waals surface area (Å²) < 4.78 is 5.25. The van der Waals surface area contributed by atoms with Crippen molar-refractivity contribution in [2.45, 2.75) is 45.5 Å². The minimum Gasteiger partial charge on any atom is -0.464 e. The normalized spacial score (nSPS) is 19.7. The predicted octanol–water partition coefficient (Wildman–Crippen LogP) is 3.40. The number of hydrogen-bond donors (Lipinski definition) is 0. The van der Waals surface area contributed by atoms with Gasteiger partial charge in [0.1, 0.15) is 6.04 Å². The summed E-state index contributed by atoms with van der Waals surface area (Å²) in [4.78, 5) is 37.7. The van der Waals surface area contributed by atoms with Crippen molar-refractivity contribution in [2.75, 3.05) is 12.4 Å². The molecule has 2 atom stereocenters. The maximum absolute atomic E-state index is 13.1. The molecule has 1 fully saturated rings. The third-order valence-corrected chi connectivity index (χ3v) is 5.83. The maximum atomic E-state index is 13.1. The van der Waals surface area contributed by atoms with Gasteiger partial charge in [-0.2, -0.15) is 0 Å². The molecule has 1 aromatic rings. The quantitative estimate of drug-likeness (QED) is 0.427. The Morgan fingerprint density at radius 1 is 1.42 bits per heavy atom. The SMILES string of the molecule is CCCOC(=O)[C@@H]1CS[C@H](C(C)C)N1C(=O)c1ccc(C)c([N+](=O)[O-])c1. The zero-order valence-corrected chi connectivity index (χ0v) is 16.2. The van der Waals surface area contributed by atoms with Gasteiger partial charge >= 0.3 is 5.97 Å². The highest BCUT2D eigenvalue weighted by Gasteiger charge is 2.44. The Bertz CT molecular complexity index is 707. The number of carbonyl (C=O) groups excluding carboxylic acids is 2. The van der Waals surface area contributed by atoms with E-state index < -0.39 is 16.9 Å². The van der Waals surface area contributed by atoms with Crippen molar-refractivity contribution in [1.82, 2.24) is 4.90 Å². The van der Waals surface area contributed by atoms with Crippen LogP contribution in [0.2, 0.25) is 0 Å². The summed E-state index contributed by atoms with van der Waals surface area (Å²) in [5, 5.41) is 11.0. The molecule has 1 aliphatic rings. The largest absolute Gasteiger partial charge is 0.464 e. The van der Waals surface area contributed by atoms with Crippen LogP contribution in [0.5, 0.6) is 0 Å². The fourth-order valence-corrected chi connectivity index (χ4v) is 4.33. The van der Waals surface area contributed by atoms with Gasteiger partial charge in [-0.1, -0.05) is 26.8 Å². The van der Waals surface area contributed by atoms with Gasteiger partial charge in [-0.25, -0.2) is 4.79 Å². The molecule has 0 saturated carbocycles. The van der Waals surface area contributed by atoms with Gasteiger partial charge < -0.3 is 9.64 Å². The van der Waals surface area contributed by atoms with Crippen molar-refractivity contribution in [3.63, 3.8) is 0 Å². The molecule has 7 nitrogen and oxygen atoms in total. The number of carbonyl (C=O) groups is 2. The number of ether oxygens (including phenoxy) is 1. The van der Waals surface area contributed by atoms with Crippen LogP contribution in [0.25, 0.3) is 0 Å². The molecule has 0 bridgehead atoms. The first-order valence-corrected chi connectivity index (χ1v) is 9.68. The van der Waals surface area contributed by atoms with Crippen molar-refractivity contribution in [3.05, 3.63) is 39.4 Å². The Balaban J connectivity index is 2.36. The van der Waals surface area contributed by atoms with E-state index in [1.807, 2.05) is 20.8 Å². The first kappa shape index (κ1) is 20.2. The summed E-state index contributed by atoms with van der Waals surface area (Å²) >= 11 is 1.54. The van der Waals surface area contributed by atoms with E-state index in [-0.39, 0.29) is 28.4 Å². The number of thioether (sulfide) groups is 1. The van der Waals surface area contributed by atoms with Crippen LogP contribution in [0.4, 0.5) is 5.69 Å². The summed E-state index contributed by atoms with van der Waals surface area (Å²) in [5.74, 6) is -0.202. The number of nitro groups is 1. The summed E-state index contributed by atoms with van der Waals surface area (Å²) in [6.07, 6.45) is 0.706. The van der Waals surface area contributed by atoms with E-state index in [1.54, 1.807) is 19.1 Å². The van der Waals surface area contributed by atoms with Gasteiger partial charge in [-0.3, -0.25) is 14.9 Å². The molecule has 1 saturated heterocycles. The standard InChI is InChI=1S/C18H24N2O5S/c1-5-8-25-18(22)15-10-26-17(11(2)3)19(15)16(21)13-7-6-12(4)14(9-13)20(23)24/h6-7,9,11,15,17H,5,8,10H2,1-4H3/t15-,17+/m0/s1. The van der Waals surface area contributed by atoms with Crippen molar-refractivity contribution in [1.29, 1.82) is 0 Å². The van der Waals surface area contributed by atoms with E-state index >= 15 is 0 Å². The molecule has 0 aromatic heterocycles. The second kappa shape index (κ2) is 8.53. The summed E-state index contributed by atoms with van der Waals surface area (Å²) in [5.41, 5.74) is 0.597. The Hall–Kier alpha value is -2.09. The van der Waals surface area contributed by atoms with Crippen LogP contribution in [-0.2, 0) is 9.53 Å². The molecule has 2 rings (SSSR count). The minimum absolute atomic E-state index is 0.103. The first-order chi connectivity index (χ1) is 12.3. The third kappa shape index (κ3) is 4.17. The van der Waals surface area contributed by atoms with Gasteiger partial charge in [0.25, 0.3) is 11.6 Å². The highest BCUT2D eigenvalue weighted by Crippen LogP contribution is 2.36. The van der Waals surface area contributed by atoms with Gasteiger partial charge in [-0.15, -0.1) is 11.8 Å². The topological polar surface area (TPSA) is 89.8 Å². The van der Waals surface area contributed by atoms with Gasteiger partial charge in [0.05, 0.1) is 16.9 Å². The van der Waals surface area contributed by atoms with E-state index in [0.29, 0.717) is 24.3 Å². The number of amides is 1. The Kier molecular flexibility index (Phi) is 6.63. The van der Waals surface area contributed by atoms with E-state index in [9.17, 15) is 19.7 Å². The number of aryl methyl sites for hydroxylation is 1. The lowest BCUT2D eigenvalue weighted by Gasteiger charge is -2.30. The summed E-state index contributed by atoms with van der Waals surface area (Å²) in [7, 11) is 0. The van der Waals surface area contributed by atoms with Crippen molar-refractivity contribution in [3.8, 4) is 0 Å². The highest BCUT2D eigenvalue weighted by molar-refractivity contribution is 8.00. The number of rotatable bonds is 6. The molecule has 0 aliphatic carbocycles. The van der Waals surface area contributed by atoms with E-state index in [4.69, 9.17) is 4.74 Å². The molecule has 0 radical (unpaired) electrons. The molecule has 26 heavy (non-hydrogen) atoms. The zero-order chi connectivity index (χ0) is 19.4. The molecular formula is C18H24N2O5S. The van der Waals surface area contributed by atoms with Crippen LogP contribution < -0.4 is 0 Å². The molecule has 0 spiro atoms. The zero-order valence-electron chi connectivity index (χ0n) is 15.4. The van der Waals surface area contributed by atoms with Crippen LogP contribution >= 0.6 is 11.8 Å². The van der Waals surface area contributed by atoms with E-state index in [0.717, 1.165) is 0 Å². The Morgan fingerprint density at radius 2 is 2.12 bits per heavy atom. The average molecular weight is 380 g/mol. The number of nitro benzene ring substituents is 1. The minimum atomic E-state index is -0.674. The van der Waals surface area contributed by atoms with Crippen molar-refractivity contribution in [2.24, 2.45) is 5.92 Å². The lowest BCUT2D eigenvalue weighted by molar-refractivity contribution is -0.385. The van der Waals surface area contributed by atoms with Crippen molar-refractivity contribution >= 4 is 29.3 Å². The van der Waals surface area contributed by atoms with Gasteiger partial charge in [-0.05, 0) is 25.3 Å². The molecule has 1 aliphatic heterocycles. The van der Waals surface area contributed by atoms with E-state index in [2.05, 4.69) is 0 Å². The summed E-state index contributed by atoms with van der Waals surface area (Å²) in [6.45, 7) is 7.80. The van der Waals surface area contributed by atoms with Crippen LogP contribution in [0.1, 0.15) is 43.1 Å². The maximum Gasteiger partial charge on any atom is 0.329 e. The lowest BCUT2D eigenvalue weighted by atomic mass is 10.1. The second-order valence-electron chi connectivity index (χ2n) is 6.62. The Morgan fingerprint density at radius 3 is 2.69 bits per heavy atom. The fourth-order valence-electron chi connectivity index (χ4n) is 2.87. The van der Waals surface area contributed by atoms with E-state index in [1.165, 1.54) is 22.7 Å². The molecule has 1 heterocycles.